The van der Waals surface area contributed by atoms with Crippen LogP contribution >= 0.6 is 0 Å². The first-order valence-electron chi connectivity index (χ1n) is 15.2. The third kappa shape index (κ3) is 8.79. The Morgan fingerprint density at radius 3 is 2.49 bits per heavy atom. The second-order valence-electron chi connectivity index (χ2n) is 10.8. The summed E-state index contributed by atoms with van der Waals surface area (Å²) in [6, 6.07) is 15.5. The number of fused-ring (bicyclic) bond motifs is 1. The number of rotatable bonds is 14. The molecule has 17 heteroatoms. The fourth-order valence-electron chi connectivity index (χ4n) is 5.11. The fourth-order valence-corrected chi connectivity index (χ4v) is 5.11. The maximum Gasteiger partial charge on any atom is 1.00 e. The quantitative estimate of drug-likeness (QED) is 0.122. The normalized spacial score (nSPS) is 11.0. The van der Waals surface area contributed by atoms with Crippen LogP contribution in [0, 0.1) is 5.95 Å². The Morgan fingerprint density at radius 1 is 1.02 bits per heavy atom. The van der Waals surface area contributed by atoms with Gasteiger partial charge >= 0.3 is 63.3 Å². The number of nitrogens with zero attached hydrogens (tertiary/aromatic N) is 9. The number of hydrogen-bond acceptors (Lipinski definition) is 11. The Morgan fingerprint density at radius 2 is 1.78 bits per heavy atom. The molecule has 2 aromatic carbocycles. The van der Waals surface area contributed by atoms with Crippen molar-refractivity contribution in [2.75, 3.05) is 0 Å². The molecule has 49 heavy (non-hydrogen) atoms. The van der Waals surface area contributed by atoms with Crippen LogP contribution in [-0.2, 0) is 45.4 Å². The summed E-state index contributed by atoms with van der Waals surface area (Å²) in [6.07, 6.45) is 4.35. The molecule has 6 rings (SSSR count). The van der Waals surface area contributed by atoms with Gasteiger partial charge in [-0.25, -0.2) is 14.6 Å². The molecule has 0 amide bonds. The largest absolute Gasteiger partial charge is 1.00 e. The number of hydrogen-bond donors (Lipinski definition) is 1. The first-order chi connectivity index (χ1) is 23.4. The van der Waals surface area contributed by atoms with Crippen LogP contribution in [0.3, 0.4) is 0 Å². The zero-order valence-electron chi connectivity index (χ0n) is 26.9. The van der Waals surface area contributed by atoms with E-state index in [0.717, 1.165) is 35.1 Å². The maximum absolute atomic E-state index is 15.1. The number of halogens is 1. The van der Waals surface area contributed by atoms with E-state index in [0.29, 0.717) is 24.6 Å². The second kappa shape index (κ2) is 16.8. The van der Waals surface area contributed by atoms with Crippen LogP contribution in [0.2, 0.25) is 0 Å². The summed E-state index contributed by atoms with van der Waals surface area (Å²) in [7, 11) is 0. The van der Waals surface area contributed by atoms with Gasteiger partial charge in [0.15, 0.2) is 12.4 Å². The first-order valence-corrected chi connectivity index (χ1v) is 15.2. The smallest absolute Gasteiger partial charge is 0.459 e. The standard InChI is InChI=1S/C32H31FN10O5.K/c1-2-3-8-26-36-29(33)25(17-47-27(44)13-14-28(45)48-19-42-16-24-30(39-42)34-18-35-32(24)46)43(26)15-20-9-11-21(12-10-20)22-6-4-5-7-23(22)31-37-40-41-38-31;/h4-7,9-12,16,18H,2-3,8,13-15,17,19H2,1H3,(H2,34,35,37,38,39,40,41,46);/q;+1/p-1. The molecule has 0 atom stereocenters. The summed E-state index contributed by atoms with van der Waals surface area (Å²) in [5.41, 5.74) is 3.51. The summed E-state index contributed by atoms with van der Waals surface area (Å²) in [4.78, 5) is 47.1. The van der Waals surface area contributed by atoms with Gasteiger partial charge < -0.3 is 24.1 Å². The number of esters is 2. The van der Waals surface area contributed by atoms with Gasteiger partial charge in [0.2, 0.25) is 5.95 Å². The Kier molecular flexibility index (Phi) is 12.3. The molecule has 0 fully saturated rings. The molecule has 4 aromatic heterocycles. The molecule has 0 saturated carbocycles. The molecule has 4 heterocycles. The number of aromatic nitrogens is 10. The van der Waals surface area contributed by atoms with Gasteiger partial charge in [0.05, 0.1) is 19.2 Å². The number of tetrazole rings is 1. The molecule has 6 aromatic rings. The summed E-state index contributed by atoms with van der Waals surface area (Å²) in [5.74, 6) is -1.10. The predicted octanol–water partition coefficient (Wildman–Crippen LogP) is 0.351. The number of nitrogens with one attached hydrogen (secondary N) is 1. The molecule has 1 N–H and O–H groups in total. The van der Waals surface area contributed by atoms with E-state index in [2.05, 4.69) is 40.7 Å². The molecule has 0 spiro atoms. The molecule has 0 unspecified atom stereocenters. The molecular formula is C32H30FKN10O5. The van der Waals surface area contributed by atoms with Crippen molar-refractivity contribution in [1.29, 1.82) is 0 Å². The number of benzene rings is 2. The number of H-pyrrole nitrogens is 1. The molecule has 0 saturated heterocycles. The van der Waals surface area contributed by atoms with Gasteiger partial charge in [-0.1, -0.05) is 61.9 Å². The van der Waals surface area contributed by atoms with Crippen LogP contribution in [0.4, 0.5) is 4.39 Å². The van der Waals surface area contributed by atoms with Crippen molar-refractivity contribution in [3.8, 4) is 22.5 Å². The number of ether oxygens (including phenoxy) is 2. The maximum atomic E-state index is 15.1. The van der Waals surface area contributed by atoms with E-state index in [-0.39, 0.29) is 99.9 Å². The summed E-state index contributed by atoms with van der Waals surface area (Å²) in [6.45, 7) is 1.73. The van der Waals surface area contributed by atoms with E-state index in [9.17, 15) is 14.4 Å². The molecule has 246 valence electrons. The molecule has 0 aliphatic rings. The summed E-state index contributed by atoms with van der Waals surface area (Å²) in [5, 5.41) is 19.5. The topological polar surface area (TPSA) is 187 Å². The number of aryl methyl sites for hydroxylation is 1. The van der Waals surface area contributed by atoms with Gasteiger partial charge in [0, 0.05) is 25.0 Å². The van der Waals surface area contributed by atoms with Gasteiger partial charge in [0.25, 0.3) is 5.56 Å². The Bertz CT molecular complexity index is 2090. The van der Waals surface area contributed by atoms with Gasteiger partial charge in [-0.05, 0) is 28.7 Å². The number of imidazole rings is 1. The fraction of sp³-hybridized carbons (Fsp3) is 0.281. The average Bonchev–Trinajstić information content (AvgIpc) is 3.85. The van der Waals surface area contributed by atoms with Crippen molar-refractivity contribution >= 4 is 23.0 Å². The van der Waals surface area contributed by atoms with Crippen LogP contribution in [0.15, 0.2) is 65.8 Å². The monoisotopic (exact) mass is 692 g/mol. The Balaban J connectivity index is 0.00000468. The van der Waals surface area contributed by atoms with E-state index in [1.54, 1.807) is 4.57 Å². The Hall–Kier alpha value is -4.42. The van der Waals surface area contributed by atoms with Crippen LogP contribution in [0.25, 0.3) is 33.5 Å². The van der Waals surface area contributed by atoms with Crippen molar-refractivity contribution in [3.05, 3.63) is 94.4 Å². The summed E-state index contributed by atoms with van der Waals surface area (Å²) < 4.78 is 28.6. The molecule has 0 bridgehead atoms. The zero-order chi connectivity index (χ0) is 33.5. The average molecular weight is 693 g/mol. The SMILES string of the molecule is CCCCc1nc(F)c(COC(=O)CCC(=O)OCn2cc3c(=O)[nH]cnc3n2)n1Cc1ccc(-c2ccccc2-c2nnn[n-]2)cc1.[K+]. The van der Waals surface area contributed by atoms with Crippen molar-refractivity contribution in [1.82, 2.24) is 49.9 Å². The molecular weight excluding hydrogens is 663 g/mol. The third-order valence-electron chi connectivity index (χ3n) is 7.58. The minimum Gasteiger partial charge on any atom is -0.459 e. The minimum atomic E-state index is -0.712. The van der Waals surface area contributed by atoms with Crippen LogP contribution in [0.1, 0.15) is 49.7 Å². The molecule has 0 radical (unpaired) electrons. The van der Waals surface area contributed by atoms with Crippen LogP contribution in [0.5, 0.6) is 0 Å². The molecule has 15 nitrogen and oxygen atoms in total. The predicted molar refractivity (Wildman–Crippen MR) is 167 cm³/mol. The van der Waals surface area contributed by atoms with Gasteiger partial charge in [-0.3, -0.25) is 24.7 Å². The van der Waals surface area contributed by atoms with Crippen LogP contribution < -0.4 is 62.0 Å². The minimum absolute atomic E-state index is 0. The van der Waals surface area contributed by atoms with E-state index >= 15 is 4.39 Å². The van der Waals surface area contributed by atoms with Crippen molar-refractivity contribution in [2.45, 2.75) is 58.9 Å². The number of carbonyl (C=O) groups excluding carboxylic acids is 2. The van der Waals surface area contributed by atoms with Crippen molar-refractivity contribution in [3.63, 3.8) is 0 Å². The zero-order valence-corrected chi connectivity index (χ0v) is 30.0. The van der Waals surface area contributed by atoms with E-state index in [1.165, 1.54) is 17.2 Å². The van der Waals surface area contributed by atoms with E-state index < -0.39 is 17.9 Å². The third-order valence-corrected chi connectivity index (χ3v) is 7.58. The number of unbranched alkanes of at least 4 members (excludes halogenated alkanes) is 1. The van der Waals surface area contributed by atoms with Crippen molar-refractivity contribution in [2.24, 2.45) is 0 Å². The first kappa shape index (κ1) is 35.9. The van der Waals surface area contributed by atoms with E-state index in [4.69, 9.17) is 9.47 Å². The van der Waals surface area contributed by atoms with Gasteiger partial charge in [-0.2, -0.15) is 9.60 Å². The second-order valence-corrected chi connectivity index (χ2v) is 10.8. The van der Waals surface area contributed by atoms with Gasteiger partial charge in [0.1, 0.15) is 23.5 Å². The van der Waals surface area contributed by atoms with E-state index in [1.807, 2.05) is 55.5 Å². The molecule has 0 aliphatic heterocycles. The van der Waals surface area contributed by atoms with Crippen molar-refractivity contribution < 1.29 is 74.8 Å². The van der Waals surface area contributed by atoms with Crippen LogP contribution in [-0.4, -0.2) is 56.8 Å². The Labute approximate surface area is 321 Å². The van der Waals surface area contributed by atoms with Gasteiger partial charge in [-0.15, -0.1) is 5.10 Å². The molecule has 0 aliphatic carbocycles. The number of aromatic amines is 1. The number of carbonyl (C=O) groups is 2. The summed E-state index contributed by atoms with van der Waals surface area (Å²) >= 11 is 0.